The van der Waals surface area contributed by atoms with E-state index in [0.717, 1.165) is 22.6 Å². The van der Waals surface area contributed by atoms with Crippen LogP contribution in [0.15, 0.2) is 34.4 Å². The summed E-state index contributed by atoms with van der Waals surface area (Å²) in [4.78, 5) is 4.89. The van der Waals surface area contributed by atoms with Crippen LogP contribution in [0, 0.1) is 0 Å². The molecule has 0 fully saturated rings. The van der Waals surface area contributed by atoms with Crippen molar-refractivity contribution in [1.82, 2.24) is 4.98 Å². The van der Waals surface area contributed by atoms with Gasteiger partial charge in [-0.2, -0.15) is 0 Å². The molecule has 1 atom stereocenters. The highest BCUT2D eigenvalue weighted by atomic mass is 79.9. The molecular weight excluding hydrogens is 314 g/mol. The third kappa shape index (κ3) is 3.10. The molecule has 1 unspecified atom stereocenters. The summed E-state index contributed by atoms with van der Waals surface area (Å²) in [6, 6.07) is 7.51. The molecule has 0 amide bonds. The molecular formula is C13H14BrNO2S. The molecule has 3 nitrogen and oxygen atoms in total. The SMILES string of the molecule is CCCOc1ccc(C(O)c2scnc2Br)cc1. The molecule has 0 saturated carbocycles. The second kappa shape index (κ2) is 6.31. The molecule has 0 spiro atoms. The normalized spacial score (nSPS) is 12.4. The molecule has 1 aromatic heterocycles. The summed E-state index contributed by atoms with van der Waals surface area (Å²) in [6.07, 6.45) is 0.338. The fraction of sp³-hybridized carbons (Fsp3) is 0.308. The first-order valence-corrected chi connectivity index (χ1v) is 7.39. The molecule has 0 aliphatic rings. The predicted octanol–water partition coefficient (Wildman–Crippen LogP) is 3.78. The van der Waals surface area contributed by atoms with Crippen LogP contribution < -0.4 is 4.74 Å². The third-order valence-electron chi connectivity index (χ3n) is 2.47. The summed E-state index contributed by atoms with van der Waals surface area (Å²) in [6.45, 7) is 2.78. The molecule has 0 bridgehead atoms. The van der Waals surface area contributed by atoms with E-state index in [4.69, 9.17) is 4.74 Å². The zero-order chi connectivity index (χ0) is 13.0. The van der Waals surface area contributed by atoms with Gasteiger partial charge in [0, 0.05) is 0 Å². The first kappa shape index (κ1) is 13.5. The van der Waals surface area contributed by atoms with Crippen molar-refractivity contribution in [2.75, 3.05) is 6.61 Å². The maximum atomic E-state index is 10.2. The first-order chi connectivity index (χ1) is 8.72. The lowest BCUT2D eigenvalue weighted by atomic mass is 10.1. The second-order valence-electron chi connectivity index (χ2n) is 3.83. The topological polar surface area (TPSA) is 42.4 Å². The molecule has 2 aromatic rings. The van der Waals surface area contributed by atoms with Gasteiger partial charge in [0.15, 0.2) is 0 Å². The fourth-order valence-corrected chi connectivity index (χ4v) is 2.96. The number of aliphatic hydroxyl groups excluding tert-OH is 1. The Labute approximate surface area is 119 Å². The minimum atomic E-state index is -0.646. The lowest BCUT2D eigenvalue weighted by Gasteiger charge is -2.10. The average molecular weight is 328 g/mol. The van der Waals surface area contributed by atoms with Crippen LogP contribution in [0.3, 0.4) is 0 Å². The number of aliphatic hydroxyl groups is 1. The molecule has 96 valence electrons. The highest BCUT2D eigenvalue weighted by Gasteiger charge is 2.16. The lowest BCUT2D eigenvalue weighted by molar-refractivity contribution is 0.223. The minimum absolute atomic E-state index is 0.646. The largest absolute Gasteiger partial charge is 0.494 e. The number of aromatic nitrogens is 1. The van der Waals surface area contributed by atoms with Crippen LogP contribution in [0.25, 0.3) is 0 Å². The van der Waals surface area contributed by atoms with E-state index in [1.165, 1.54) is 11.3 Å². The molecule has 18 heavy (non-hydrogen) atoms. The van der Waals surface area contributed by atoms with Gasteiger partial charge in [0.1, 0.15) is 16.5 Å². The standard InChI is InChI=1S/C13H14BrNO2S/c1-2-7-17-10-5-3-9(4-6-10)11(16)12-13(14)15-8-18-12/h3-6,8,11,16H,2,7H2,1H3. The van der Waals surface area contributed by atoms with E-state index in [9.17, 15) is 5.11 Å². The van der Waals surface area contributed by atoms with Gasteiger partial charge in [-0.1, -0.05) is 19.1 Å². The second-order valence-corrected chi connectivity index (χ2v) is 5.46. The van der Waals surface area contributed by atoms with Crippen molar-refractivity contribution >= 4 is 27.3 Å². The van der Waals surface area contributed by atoms with Gasteiger partial charge < -0.3 is 9.84 Å². The summed E-state index contributed by atoms with van der Waals surface area (Å²) in [5.74, 6) is 0.830. The van der Waals surface area contributed by atoms with Gasteiger partial charge in [0.25, 0.3) is 0 Å². The van der Waals surface area contributed by atoms with Crippen molar-refractivity contribution in [2.45, 2.75) is 19.4 Å². The van der Waals surface area contributed by atoms with Crippen molar-refractivity contribution in [3.05, 3.63) is 44.8 Å². The Hall–Kier alpha value is -0.910. The van der Waals surface area contributed by atoms with Crippen LogP contribution in [0.2, 0.25) is 0 Å². The van der Waals surface area contributed by atoms with Gasteiger partial charge in [0.05, 0.1) is 17.0 Å². The first-order valence-electron chi connectivity index (χ1n) is 5.72. The minimum Gasteiger partial charge on any atom is -0.494 e. The summed E-state index contributed by atoms with van der Waals surface area (Å²) in [7, 11) is 0. The Morgan fingerprint density at radius 1 is 1.39 bits per heavy atom. The number of nitrogens with zero attached hydrogens (tertiary/aromatic N) is 1. The van der Waals surface area contributed by atoms with E-state index in [-0.39, 0.29) is 0 Å². The Morgan fingerprint density at radius 3 is 2.67 bits per heavy atom. The summed E-state index contributed by atoms with van der Waals surface area (Å²) in [5, 5.41) is 10.2. The number of hydrogen-bond acceptors (Lipinski definition) is 4. The summed E-state index contributed by atoms with van der Waals surface area (Å²) in [5.41, 5.74) is 2.55. The number of halogens is 1. The zero-order valence-electron chi connectivity index (χ0n) is 9.97. The lowest BCUT2D eigenvalue weighted by Crippen LogP contribution is -1.99. The monoisotopic (exact) mass is 327 g/mol. The molecule has 5 heteroatoms. The van der Waals surface area contributed by atoms with Crippen molar-refractivity contribution in [2.24, 2.45) is 0 Å². The van der Waals surface area contributed by atoms with E-state index in [2.05, 4.69) is 27.8 Å². The summed E-state index contributed by atoms with van der Waals surface area (Å²) >= 11 is 4.76. The van der Waals surface area contributed by atoms with Gasteiger partial charge in [0.2, 0.25) is 0 Å². The Balaban J connectivity index is 2.12. The van der Waals surface area contributed by atoms with Crippen molar-refractivity contribution in [3.63, 3.8) is 0 Å². The molecule has 0 saturated heterocycles. The van der Waals surface area contributed by atoms with Gasteiger partial charge in [-0.25, -0.2) is 4.98 Å². The molecule has 1 aromatic carbocycles. The Kier molecular flexibility index (Phi) is 4.74. The Morgan fingerprint density at radius 2 is 2.11 bits per heavy atom. The van der Waals surface area contributed by atoms with Crippen LogP contribution >= 0.6 is 27.3 Å². The quantitative estimate of drug-likeness (QED) is 0.908. The van der Waals surface area contributed by atoms with Gasteiger partial charge in [-0.3, -0.25) is 0 Å². The number of rotatable bonds is 5. The van der Waals surface area contributed by atoms with Gasteiger partial charge >= 0.3 is 0 Å². The molecule has 0 radical (unpaired) electrons. The highest BCUT2D eigenvalue weighted by Crippen LogP contribution is 2.31. The molecule has 1 heterocycles. The van der Waals surface area contributed by atoms with Gasteiger partial charge in [-0.15, -0.1) is 11.3 Å². The van der Waals surface area contributed by atoms with Gasteiger partial charge in [-0.05, 0) is 40.0 Å². The molecule has 1 N–H and O–H groups in total. The van der Waals surface area contributed by atoms with Crippen molar-refractivity contribution < 1.29 is 9.84 Å². The number of hydrogen-bond donors (Lipinski definition) is 1. The number of thiazole rings is 1. The maximum absolute atomic E-state index is 10.2. The van der Waals surface area contributed by atoms with E-state index >= 15 is 0 Å². The van der Waals surface area contributed by atoms with Crippen molar-refractivity contribution in [3.8, 4) is 5.75 Å². The zero-order valence-corrected chi connectivity index (χ0v) is 12.4. The smallest absolute Gasteiger partial charge is 0.123 e. The fourth-order valence-electron chi connectivity index (χ4n) is 1.54. The molecule has 2 rings (SSSR count). The van der Waals surface area contributed by atoms with E-state index in [1.807, 2.05) is 24.3 Å². The predicted molar refractivity (Wildman–Crippen MR) is 76.1 cm³/mol. The van der Waals surface area contributed by atoms with Crippen LogP contribution in [0.4, 0.5) is 0 Å². The third-order valence-corrected chi connectivity index (χ3v) is 4.24. The molecule has 0 aliphatic carbocycles. The maximum Gasteiger partial charge on any atom is 0.123 e. The van der Waals surface area contributed by atoms with E-state index < -0.39 is 6.10 Å². The van der Waals surface area contributed by atoms with Crippen LogP contribution in [-0.4, -0.2) is 16.7 Å². The molecule has 0 aliphatic heterocycles. The number of ether oxygens (including phenoxy) is 1. The number of benzene rings is 1. The van der Waals surface area contributed by atoms with Crippen molar-refractivity contribution in [1.29, 1.82) is 0 Å². The average Bonchev–Trinajstić information content (AvgIpc) is 2.82. The van der Waals surface area contributed by atoms with Crippen LogP contribution in [0.1, 0.15) is 29.9 Å². The summed E-state index contributed by atoms with van der Waals surface area (Å²) < 4.78 is 6.20. The van der Waals surface area contributed by atoms with Crippen LogP contribution in [-0.2, 0) is 0 Å². The van der Waals surface area contributed by atoms with E-state index in [1.54, 1.807) is 5.51 Å². The van der Waals surface area contributed by atoms with E-state index in [0.29, 0.717) is 11.2 Å². The van der Waals surface area contributed by atoms with Crippen LogP contribution in [0.5, 0.6) is 5.75 Å². The Bertz CT molecular complexity index is 498. The highest BCUT2D eigenvalue weighted by molar-refractivity contribution is 9.10.